The van der Waals surface area contributed by atoms with Gasteiger partial charge in [0, 0.05) is 42.9 Å². The first-order valence-corrected chi connectivity index (χ1v) is 10.0. The highest BCUT2D eigenvalue weighted by Gasteiger charge is 2.28. The van der Waals surface area contributed by atoms with Gasteiger partial charge in [-0.25, -0.2) is 19.4 Å². The highest BCUT2D eigenvalue weighted by atomic mass is 16.2. The first kappa shape index (κ1) is 19.8. The summed E-state index contributed by atoms with van der Waals surface area (Å²) in [4.78, 5) is 35.4. The van der Waals surface area contributed by atoms with Crippen molar-refractivity contribution in [1.29, 1.82) is 0 Å². The minimum absolute atomic E-state index is 0.0333. The number of urea groups is 1. The summed E-state index contributed by atoms with van der Waals surface area (Å²) in [5.74, 6) is 0.773. The molecule has 0 atom stereocenters. The van der Waals surface area contributed by atoms with Crippen molar-refractivity contribution in [3.05, 3.63) is 71.9 Å². The normalized spacial score (nSPS) is 14.5. The summed E-state index contributed by atoms with van der Waals surface area (Å²) in [7, 11) is 0. The van der Waals surface area contributed by atoms with Crippen LogP contribution in [-0.2, 0) is 6.54 Å². The maximum atomic E-state index is 12.7. The van der Waals surface area contributed by atoms with Gasteiger partial charge in [-0.15, -0.1) is 0 Å². The monoisotopic (exact) mass is 404 g/mol. The van der Waals surface area contributed by atoms with Gasteiger partial charge in [-0.1, -0.05) is 35.9 Å². The molecular formula is C22H24N6O2. The molecule has 3 aromatic rings. The number of ketones is 1. The summed E-state index contributed by atoms with van der Waals surface area (Å²) in [6, 6.07) is 11.3. The molecule has 1 N–H and O–H groups in total. The van der Waals surface area contributed by atoms with Crippen LogP contribution in [0.15, 0.2) is 55.2 Å². The van der Waals surface area contributed by atoms with Crippen molar-refractivity contribution in [1.82, 2.24) is 30.0 Å². The average Bonchev–Trinajstić information content (AvgIpc) is 3.33. The van der Waals surface area contributed by atoms with E-state index in [1.54, 1.807) is 22.1 Å². The van der Waals surface area contributed by atoms with Gasteiger partial charge in [0.15, 0.2) is 11.6 Å². The average molecular weight is 404 g/mol. The van der Waals surface area contributed by atoms with Crippen molar-refractivity contribution in [3.8, 4) is 5.82 Å². The largest absolute Gasteiger partial charge is 0.334 e. The van der Waals surface area contributed by atoms with Crippen LogP contribution in [0.1, 0.15) is 34.3 Å². The standard InChI is InChI=1S/C22H24N6O2/c1-16-4-6-17(7-5-16)20(29)18-8-11-27(12-9-18)22(30)25-13-19-3-2-10-24-21(19)28-15-23-14-26-28/h2-7,10,14-15,18H,8-9,11-13H2,1H3,(H,25,30). The first-order valence-electron chi connectivity index (χ1n) is 10.0. The summed E-state index contributed by atoms with van der Waals surface area (Å²) in [6.45, 7) is 3.48. The molecule has 0 saturated carbocycles. The smallest absolute Gasteiger partial charge is 0.317 e. The van der Waals surface area contributed by atoms with E-state index in [0.29, 0.717) is 38.3 Å². The lowest BCUT2D eigenvalue weighted by Crippen LogP contribution is -2.45. The lowest BCUT2D eigenvalue weighted by Gasteiger charge is -2.31. The summed E-state index contributed by atoms with van der Waals surface area (Å²) in [5, 5.41) is 7.06. The molecular weight excluding hydrogens is 380 g/mol. The molecule has 1 fully saturated rings. The zero-order valence-electron chi connectivity index (χ0n) is 16.9. The van der Waals surface area contributed by atoms with E-state index in [9.17, 15) is 9.59 Å². The van der Waals surface area contributed by atoms with Gasteiger partial charge in [-0.2, -0.15) is 5.10 Å². The Kier molecular flexibility index (Phi) is 5.83. The maximum Gasteiger partial charge on any atom is 0.317 e. The highest BCUT2D eigenvalue weighted by molar-refractivity contribution is 5.98. The number of carbonyl (C=O) groups excluding carboxylic acids is 2. The molecule has 3 heterocycles. The molecule has 2 amide bonds. The Morgan fingerprint density at radius 2 is 1.90 bits per heavy atom. The molecule has 30 heavy (non-hydrogen) atoms. The van der Waals surface area contributed by atoms with Gasteiger partial charge in [-0.05, 0) is 25.8 Å². The molecule has 0 radical (unpaired) electrons. The highest BCUT2D eigenvalue weighted by Crippen LogP contribution is 2.22. The van der Waals surface area contributed by atoms with Crippen molar-refractivity contribution >= 4 is 11.8 Å². The molecule has 0 aliphatic carbocycles. The van der Waals surface area contributed by atoms with E-state index in [1.807, 2.05) is 43.3 Å². The van der Waals surface area contributed by atoms with E-state index < -0.39 is 0 Å². The second kappa shape index (κ2) is 8.86. The third-order valence-electron chi connectivity index (χ3n) is 5.42. The van der Waals surface area contributed by atoms with Crippen molar-refractivity contribution in [3.63, 3.8) is 0 Å². The van der Waals surface area contributed by atoms with Gasteiger partial charge in [0.05, 0.1) is 0 Å². The maximum absolute atomic E-state index is 12.7. The van der Waals surface area contributed by atoms with Gasteiger partial charge in [0.1, 0.15) is 12.7 Å². The van der Waals surface area contributed by atoms with Crippen LogP contribution in [-0.4, -0.2) is 49.6 Å². The Bertz CT molecular complexity index is 1010. The van der Waals surface area contributed by atoms with Crippen LogP contribution in [0.5, 0.6) is 0 Å². The van der Waals surface area contributed by atoms with E-state index in [-0.39, 0.29) is 17.7 Å². The fraction of sp³-hybridized carbons (Fsp3) is 0.318. The molecule has 0 spiro atoms. The number of Topliss-reactive ketones (excluding diaryl/α,β-unsaturated/α-hetero) is 1. The van der Waals surface area contributed by atoms with E-state index >= 15 is 0 Å². The number of aromatic nitrogens is 4. The Hall–Kier alpha value is -3.55. The second-order valence-electron chi connectivity index (χ2n) is 7.48. The minimum Gasteiger partial charge on any atom is -0.334 e. The zero-order chi connectivity index (χ0) is 20.9. The summed E-state index contributed by atoms with van der Waals surface area (Å²) in [6.07, 6.45) is 6.05. The van der Waals surface area contributed by atoms with Crippen molar-refractivity contribution in [2.75, 3.05) is 13.1 Å². The van der Waals surface area contributed by atoms with Crippen molar-refractivity contribution in [2.45, 2.75) is 26.3 Å². The number of carbonyl (C=O) groups is 2. The predicted octanol–water partition coefficient (Wildman–Crippen LogP) is 2.78. The van der Waals surface area contributed by atoms with Crippen molar-refractivity contribution in [2.24, 2.45) is 5.92 Å². The molecule has 1 aliphatic heterocycles. The van der Waals surface area contributed by atoms with E-state index in [0.717, 1.165) is 16.7 Å². The number of rotatable bonds is 5. The number of nitrogens with one attached hydrogen (secondary N) is 1. The number of pyridine rings is 1. The number of benzene rings is 1. The lowest BCUT2D eigenvalue weighted by atomic mass is 9.89. The van der Waals surface area contributed by atoms with Gasteiger partial charge >= 0.3 is 6.03 Å². The fourth-order valence-electron chi connectivity index (χ4n) is 3.67. The van der Waals surface area contributed by atoms with Crippen molar-refractivity contribution < 1.29 is 9.59 Å². The van der Waals surface area contributed by atoms with Gasteiger partial charge < -0.3 is 10.2 Å². The Morgan fingerprint density at radius 3 is 2.60 bits per heavy atom. The van der Waals surface area contributed by atoms with E-state index in [1.165, 1.54) is 6.33 Å². The predicted molar refractivity (Wildman–Crippen MR) is 111 cm³/mol. The Balaban J connectivity index is 1.31. The van der Waals surface area contributed by atoms with Crippen LogP contribution in [0, 0.1) is 12.8 Å². The molecule has 0 bridgehead atoms. The molecule has 154 valence electrons. The van der Waals surface area contributed by atoms with Crippen LogP contribution in [0.4, 0.5) is 4.79 Å². The molecule has 2 aromatic heterocycles. The zero-order valence-corrected chi connectivity index (χ0v) is 16.9. The topological polar surface area (TPSA) is 93.0 Å². The first-order chi connectivity index (χ1) is 14.6. The molecule has 1 saturated heterocycles. The lowest BCUT2D eigenvalue weighted by molar-refractivity contribution is 0.0854. The second-order valence-corrected chi connectivity index (χ2v) is 7.48. The Morgan fingerprint density at radius 1 is 1.13 bits per heavy atom. The van der Waals surface area contributed by atoms with Crippen LogP contribution in [0.2, 0.25) is 0 Å². The minimum atomic E-state index is -0.135. The molecule has 8 heteroatoms. The molecule has 1 aromatic carbocycles. The van der Waals surface area contributed by atoms with Crippen LogP contribution in [0.3, 0.4) is 0 Å². The summed E-state index contributed by atoms with van der Waals surface area (Å²) >= 11 is 0. The quantitative estimate of drug-likeness (QED) is 0.660. The third-order valence-corrected chi connectivity index (χ3v) is 5.42. The summed E-state index contributed by atoms with van der Waals surface area (Å²) in [5.41, 5.74) is 2.74. The number of amides is 2. The number of likely N-dealkylation sites (tertiary alicyclic amines) is 1. The molecule has 4 rings (SSSR count). The summed E-state index contributed by atoms with van der Waals surface area (Å²) < 4.78 is 1.57. The van der Waals surface area contributed by atoms with Crippen LogP contribution in [0.25, 0.3) is 5.82 Å². The molecule has 8 nitrogen and oxygen atoms in total. The number of hydrogen-bond acceptors (Lipinski definition) is 5. The SMILES string of the molecule is Cc1ccc(C(=O)C2CCN(C(=O)NCc3cccnc3-n3cncn3)CC2)cc1. The molecule has 1 aliphatic rings. The number of aryl methyl sites for hydroxylation is 1. The number of piperidine rings is 1. The van der Waals surface area contributed by atoms with Gasteiger partial charge in [0.25, 0.3) is 0 Å². The number of hydrogen-bond donors (Lipinski definition) is 1. The van der Waals surface area contributed by atoms with E-state index in [2.05, 4.69) is 20.4 Å². The van der Waals surface area contributed by atoms with Crippen LogP contribution < -0.4 is 5.32 Å². The van der Waals surface area contributed by atoms with E-state index in [4.69, 9.17) is 0 Å². The van der Waals surface area contributed by atoms with Gasteiger partial charge in [0.2, 0.25) is 0 Å². The Labute approximate surface area is 175 Å². The number of nitrogens with zero attached hydrogens (tertiary/aromatic N) is 5. The van der Waals surface area contributed by atoms with Gasteiger partial charge in [-0.3, -0.25) is 4.79 Å². The third kappa shape index (κ3) is 4.37. The fourth-order valence-corrected chi connectivity index (χ4v) is 3.67. The molecule has 0 unspecified atom stereocenters. The van der Waals surface area contributed by atoms with Crippen LogP contribution >= 0.6 is 0 Å².